The summed E-state index contributed by atoms with van der Waals surface area (Å²) in [6.07, 6.45) is 3.91. The molecule has 1 aromatic rings. The molecule has 100 valence electrons. The Morgan fingerprint density at radius 1 is 1.17 bits per heavy atom. The quantitative estimate of drug-likeness (QED) is 0.723. The lowest BCUT2D eigenvalue weighted by Gasteiger charge is -2.23. The first-order chi connectivity index (χ1) is 8.65. The van der Waals surface area contributed by atoms with E-state index < -0.39 is 0 Å². The van der Waals surface area contributed by atoms with Crippen molar-refractivity contribution < 1.29 is 4.79 Å². The highest BCUT2D eigenvalue weighted by Gasteiger charge is 2.17. The van der Waals surface area contributed by atoms with Gasteiger partial charge in [-0.05, 0) is 17.9 Å². The monoisotopic (exact) mass is 247 g/mol. The third-order valence-electron chi connectivity index (χ3n) is 3.15. The SMILES string of the molecule is CCCCCC(=O)NC(c1ccccc1)C(C)C. The van der Waals surface area contributed by atoms with Crippen LogP contribution in [0.5, 0.6) is 0 Å². The van der Waals surface area contributed by atoms with E-state index in [-0.39, 0.29) is 11.9 Å². The van der Waals surface area contributed by atoms with E-state index in [0.717, 1.165) is 19.3 Å². The molecule has 1 amide bonds. The number of carbonyl (C=O) groups excluding carboxylic acids is 1. The molecule has 2 heteroatoms. The molecule has 0 saturated carbocycles. The number of benzene rings is 1. The van der Waals surface area contributed by atoms with Crippen molar-refractivity contribution in [3.05, 3.63) is 35.9 Å². The van der Waals surface area contributed by atoms with E-state index in [1.807, 2.05) is 18.2 Å². The zero-order valence-corrected chi connectivity index (χ0v) is 11.8. The summed E-state index contributed by atoms with van der Waals surface area (Å²) in [6, 6.07) is 10.3. The molecule has 0 fully saturated rings. The maximum atomic E-state index is 11.9. The van der Waals surface area contributed by atoms with Crippen LogP contribution in [0.3, 0.4) is 0 Å². The third kappa shape index (κ3) is 4.91. The van der Waals surface area contributed by atoms with Crippen molar-refractivity contribution in [2.24, 2.45) is 5.92 Å². The van der Waals surface area contributed by atoms with Gasteiger partial charge in [0.05, 0.1) is 6.04 Å². The van der Waals surface area contributed by atoms with E-state index in [1.54, 1.807) is 0 Å². The number of nitrogens with one attached hydrogen (secondary N) is 1. The van der Waals surface area contributed by atoms with Gasteiger partial charge in [-0.1, -0.05) is 63.9 Å². The van der Waals surface area contributed by atoms with Crippen LogP contribution in [0.15, 0.2) is 30.3 Å². The molecule has 1 rings (SSSR count). The highest BCUT2D eigenvalue weighted by molar-refractivity contribution is 5.76. The second kappa shape index (κ2) is 7.91. The van der Waals surface area contributed by atoms with Gasteiger partial charge >= 0.3 is 0 Å². The van der Waals surface area contributed by atoms with Gasteiger partial charge in [0.1, 0.15) is 0 Å². The van der Waals surface area contributed by atoms with Crippen LogP contribution in [-0.2, 0) is 4.79 Å². The lowest BCUT2D eigenvalue weighted by atomic mass is 9.96. The number of unbranched alkanes of at least 4 members (excludes halogenated alkanes) is 2. The largest absolute Gasteiger partial charge is 0.349 e. The average Bonchev–Trinajstić information content (AvgIpc) is 2.37. The van der Waals surface area contributed by atoms with Crippen molar-refractivity contribution in [1.82, 2.24) is 5.32 Å². The van der Waals surface area contributed by atoms with Crippen LogP contribution in [0, 0.1) is 5.92 Å². The van der Waals surface area contributed by atoms with Crippen molar-refractivity contribution in [1.29, 1.82) is 0 Å². The summed E-state index contributed by atoms with van der Waals surface area (Å²) in [5.74, 6) is 0.577. The fraction of sp³-hybridized carbons (Fsp3) is 0.562. The van der Waals surface area contributed by atoms with Crippen molar-refractivity contribution in [2.75, 3.05) is 0 Å². The molecule has 0 radical (unpaired) electrons. The molecule has 1 aromatic carbocycles. The molecular formula is C16H25NO. The molecule has 1 atom stereocenters. The molecule has 0 heterocycles. The van der Waals surface area contributed by atoms with Crippen LogP contribution in [0.4, 0.5) is 0 Å². The maximum Gasteiger partial charge on any atom is 0.220 e. The van der Waals surface area contributed by atoms with Gasteiger partial charge in [0.25, 0.3) is 0 Å². The van der Waals surface area contributed by atoms with Crippen LogP contribution in [0.2, 0.25) is 0 Å². The summed E-state index contributed by atoms with van der Waals surface area (Å²) in [4.78, 5) is 11.9. The molecule has 0 spiro atoms. The summed E-state index contributed by atoms with van der Waals surface area (Å²) in [6.45, 7) is 6.44. The lowest BCUT2D eigenvalue weighted by molar-refractivity contribution is -0.122. The van der Waals surface area contributed by atoms with Crippen molar-refractivity contribution in [2.45, 2.75) is 52.5 Å². The average molecular weight is 247 g/mol. The normalized spacial score (nSPS) is 12.4. The van der Waals surface area contributed by atoms with Gasteiger partial charge in [-0.2, -0.15) is 0 Å². The van der Waals surface area contributed by atoms with Crippen LogP contribution < -0.4 is 5.32 Å². The number of hydrogen-bond acceptors (Lipinski definition) is 1. The predicted molar refractivity (Wildman–Crippen MR) is 76.3 cm³/mol. The second-order valence-electron chi connectivity index (χ2n) is 5.16. The number of amides is 1. The summed E-state index contributed by atoms with van der Waals surface area (Å²) in [5.41, 5.74) is 1.19. The topological polar surface area (TPSA) is 29.1 Å². The standard InChI is InChI=1S/C16H25NO/c1-4-5-7-12-15(18)17-16(13(2)3)14-10-8-6-9-11-14/h6,8-11,13,16H,4-5,7,12H2,1-3H3,(H,17,18). The summed E-state index contributed by atoms with van der Waals surface area (Å²) in [5, 5.41) is 3.15. The Morgan fingerprint density at radius 2 is 1.83 bits per heavy atom. The fourth-order valence-corrected chi connectivity index (χ4v) is 2.08. The van der Waals surface area contributed by atoms with E-state index in [9.17, 15) is 4.79 Å². The Hall–Kier alpha value is -1.31. The van der Waals surface area contributed by atoms with Crippen LogP contribution in [0.25, 0.3) is 0 Å². The summed E-state index contributed by atoms with van der Waals surface area (Å²) < 4.78 is 0. The molecule has 0 bridgehead atoms. The molecule has 2 nitrogen and oxygen atoms in total. The first-order valence-corrected chi connectivity index (χ1v) is 6.99. The first-order valence-electron chi connectivity index (χ1n) is 6.99. The Balaban J connectivity index is 2.56. The van der Waals surface area contributed by atoms with Crippen molar-refractivity contribution in [3.8, 4) is 0 Å². The number of hydrogen-bond donors (Lipinski definition) is 1. The Kier molecular flexibility index (Phi) is 6.48. The van der Waals surface area contributed by atoms with Crippen LogP contribution in [-0.4, -0.2) is 5.91 Å². The molecular weight excluding hydrogens is 222 g/mol. The zero-order chi connectivity index (χ0) is 13.4. The molecule has 18 heavy (non-hydrogen) atoms. The summed E-state index contributed by atoms with van der Waals surface area (Å²) in [7, 11) is 0. The minimum absolute atomic E-state index is 0.125. The molecule has 0 aliphatic heterocycles. The third-order valence-corrected chi connectivity index (χ3v) is 3.15. The van der Waals surface area contributed by atoms with Gasteiger partial charge in [0, 0.05) is 6.42 Å². The minimum atomic E-state index is 0.125. The number of rotatable bonds is 7. The molecule has 1 N–H and O–H groups in total. The van der Waals surface area contributed by atoms with E-state index in [0.29, 0.717) is 12.3 Å². The highest BCUT2D eigenvalue weighted by atomic mass is 16.1. The maximum absolute atomic E-state index is 11.9. The van der Waals surface area contributed by atoms with Gasteiger partial charge in [-0.25, -0.2) is 0 Å². The van der Waals surface area contributed by atoms with E-state index >= 15 is 0 Å². The molecule has 0 saturated heterocycles. The summed E-state index contributed by atoms with van der Waals surface area (Å²) >= 11 is 0. The lowest BCUT2D eigenvalue weighted by Crippen LogP contribution is -2.31. The number of carbonyl (C=O) groups is 1. The Bertz CT molecular complexity index is 345. The van der Waals surface area contributed by atoms with Gasteiger partial charge < -0.3 is 5.32 Å². The molecule has 0 aromatic heterocycles. The van der Waals surface area contributed by atoms with Gasteiger partial charge in [0.15, 0.2) is 0 Å². The Morgan fingerprint density at radius 3 is 2.39 bits per heavy atom. The molecule has 1 unspecified atom stereocenters. The highest BCUT2D eigenvalue weighted by Crippen LogP contribution is 2.21. The smallest absolute Gasteiger partial charge is 0.220 e. The molecule has 0 aliphatic carbocycles. The first kappa shape index (κ1) is 14.7. The van der Waals surface area contributed by atoms with E-state index in [2.05, 4.69) is 38.2 Å². The van der Waals surface area contributed by atoms with Crippen LogP contribution >= 0.6 is 0 Å². The fourth-order valence-electron chi connectivity index (χ4n) is 2.08. The predicted octanol–water partition coefficient (Wildman–Crippen LogP) is 4.08. The van der Waals surface area contributed by atoms with Gasteiger partial charge in [-0.15, -0.1) is 0 Å². The van der Waals surface area contributed by atoms with Crippen molar-refractivity contribution >= 4 is 5.91 Å². The second-order valence-corrected chi connectivity index (χ2v) is 5.16. The van der Waals surface area contributed by atoms with Crippen molar-refractivity contribution in [3.63, 3.8) is 0 Å². The van der Waals surface area contributed by atoms with E-state index in [1.165, 1.54) is 5.56 Å². The Labute approximate surface area is 111 Å². The van der Waals surface area contributed by atoms with E-state index in [4.69, 9.17) is 0 Å². The zero-order valence-electron chi connectivity index (χ0n) is 11.8. The van der Waals surface area contributed by atoms with Gasteiger partial charge in [-0.3, -0.25) is 4.79 Å². The minimum Gasteiger partial charge on any atom is -0.349 e. The van der Waals surface area contributed by atoms with Crippen LogP contribution in [0.1, 0.15) is 58.1 Å². The molecule has 0 aliphatic rings. The van der Waals surface area contributed by atoms with Gasteiger partial charge in [0.2, 0.25) is 5.91 Å².